The second-order valence-electron chi connectivity index (χ2n) is 7.82. The van der Waals surface area contributed by atoms with E-state index in [4.69, 9.17) is 0 Å². The van der Waals surface area contributed by atoms with Crippen LogP contribution in [0.4, 0.5) is 0 Å². The molecule has 3 rings (SSSR count). The highest BCUT2D eigenvalue weighted by Crippen LogP contribution is 2.26. The molecule has 2 aliphatic heterocycles. The van der Waals surface area contributed by atoms with Crippen molar-refractivity contribution in [3.63, 3.8) is 0 Å². The van der Waals surface area contributed by atoms with Crippen LogP contribution in [0.2, 0.25) is 0 Å². The zero-order valence-corrected chi connectivity index (χ0v) is 16.6. The lowest BCUT2D eigenvalue weighted by molar-refractivity contribution is -0.139. The van der Waals surface area contributed by atoms with Crippen LogP contribution in [-0.2, 0) is 9.59 Å². The average molecular weight is 380 g/mol. The Labute approximate surface area is 161 Å². The molecule has 2 amide bonds. The molecule has 1 aliphatic carbocycles. The maximum Gasteiger partial charge on any atom is 0.309 e. The molecule has 2 fully saturated rings. The summed E-state index contributed by atoms with van der Waals surface area (Å²) in [5.41, 5.74) is 1.42. The zero-order valence-electron chi connectivity index (χ0n) is 15.8. The first-order valence-corrected chi connectivity index (χ1v) is 11.4. The van der Waals surface area contributed by atoms with Crippen molar-refractivity contribution in [2.45, 2.75) is 57.4 Å². The number of nitrogens with one attached hydrogen (secondary N) is 2. The Morgan fingerprint density at radius 1 is 1.12 bits per heavy atom. The van der Waals surface area contributed by atoms with Crippen molar-refractivity contribution < 1.29 is 9.59 Å². The number of hydrogen-bond donors (Lipinski definition) is 2. The summed E-state index contributed by atoms with van der Waals surface area (Å²) in [4.78, 5) is 26.5. The number of hydrogen-bond acceptors (Lipinski definition) is 4. The minimum atomic E-state index is -0.484. The van der Waals surface area contributed by atoms with E-state index in [1.54, 1.807) is 0 Å². The molecule has 0 aromatic heterocycles. The predicted octanol–water partition coefficient (Wildman–Crippen LogP) is 2.33. The van der Waals surface area contributed by atoms with E-state index in [1.807, 2.05) is 0 Å². The second kappa shape index (κ2) is 10.4. The van der Waals surface area contributed by atoms with Gasteiger partial charge in [0.2, 0.25) is 0 Å². The van der Waals surface area contributed by atoms with E-state index in [0.29, 0.717) is 19.0 Å². The first kappa shape index (κ1) is 19.7. The lowest BCUT2D eigenvalue weighted by Crippen LogP contribution is -2.46. The van der Waals surface area contributed by atoms with Crippen molar-refractivity contribution in [3.05, 3.63) is 11.6 Å². The molecule has 0 bridgehead atoms. The molecule has 0 saturated carbocycles. The van der Waals surface area contributed by atoms with Crippen LogP contribution in [0, 0.1) is 5.92 Å². The van der Waals surface area contributed by atoms with Crippen LogP contribution in [-0.4, -0.2) is 60.4 Å². The van der Waals surface area contributed by atoms with Crippen LogP contribution in [0.5, 0.6) is 0 Å². The molecular weight excluding hydrogens is 346 g/mol. The topological polar surface area (TPSA) is 61.4 Å². The zero-order chi connectivity index (χ0) is 18.2. The largest absolute Gasteiger partial charge is 0.348 e. The van der Waals surface area contributed by atoms with E-state index in [0.717, 1.165) is 51.2 Å². The van der Waals surface area contributed by atoms with E-state index >= 15 is 0 Å². The molecule has 0 unspecified atom stereocenters. The summed E-state index contributed by atoms with van der Waals surface area (Å²) in [7, 11) is 0. The van der Waals surface area contributed by atoms with Crippen molar-refractivity contribution in [3.8, 4) is 0 Å². The van der Waals surface area contributed by atoms with E-state index in [9.17, 15) is 9.59 Å². The third-order valence-corrected chi connectivity index (χ3v) is 7.09. The Balaban J connectivity index is 1.27. The summed E-state index contributed by atoms with van der Waals surface area (Å²) in [5.74, 6) is 2.12. The first-order chi connectivity index (χ1) is 12.7. The fourth-order valence-electron chi connectivity index (χ4n) is 4.20. The molecule has 2 saturated heterocycles. The van der Waals surface area contributed by atoms with Crippen LogP contribution in [0.1, 0.15) is 51.4 Å². The monoisotopic (exact) mass is 379 g/mol. The predicted molar refractivity (Wildman–Crippen MR) is 107 cm³/mol. The SMILES string of the molecule is O=C(NCCC1=CCCCC1)C(=O)NCC1CCN([C@H]2CCSC2)CC1. The van der Waals surface area contributed by atoms with Crippen molar-refractivity contribution in [2.75, 3.05) is 37.7 Å². The fraction of sp³-hybridized carbons (Fsp3) is 0.800. The number of nitrogens with zero attached hydrogens (tertiary/aromatic N) is 1. The smallest absolute Gasteiger partial charge is 0.309 e. The number of thioether (sulfide) groups is 1. The third-order valence-electron chi connectivity index (χ3n) is 5.95. The van der Waals surface area contributed by atoms with Gasteiger partial charge in [0.15, 0.2) is 0 Å². The quantitative estimate of drug-likeness (QED) is 0.549. The highest BCUT2D eigenvalue weighted by molar-refractivity contribution is 7.99. The number of rotatable bonds is 6. The number of likely N-dealkylation sites (tertiary alicyclic amines) is 1. The average Bonchev–Trinajstić information content (AvgIpc) is 3.22. The molecule has 1 atom stereocenters. The molecule has 2 heterocycles. The van der Waals surface area contributed by atoms with Crippen molar-refractivity contribution >= 4 is 23.6 Å². The Hall–Kier alpha value is -1.01. The minimum Gasteiger partial charge on any atom is -0.348 e. The van der Waals surface area contributed by atoms with Crippen LogP contribution >= 0.6 is 11.8 Å². The summed E-state index contributed by atoms with van der Waals surface area (Å²) in [6.07, 6.45) is 11.5. The summed E-state index contributed by atoms with van der Waals surface area (Å²) in [6.45, 7) is 3.46. The van der Waals surface area contributed by atoms with E-state index < -0.39 is 11.8 Å². The molecular formula is C20H33N3O2S. The molecule has 2 N–H and O–H groups in total. The summed E-state index contributed by atoms with van der Waals surface area (Å²) >= 11 is 2.06. The van der Waals surface area contributed by atoms with Crippen LogP contribution in [0.15, 0.2) is 11.6 Å². The maximum atomic E-state index is 12.0. The van der Waals surface area contributed by atoms with Gasteiger partial charge < -0.3 is 10.6 Å². The van der Waals surface area contributed by atoms with Crippen LogP contribution in [0.25, 0.3) is 0 Å². The van der Waals surface area contributed by atoms with Gasteiger partial charge in [-0.15, -0.1) is 0 Å². The highest BCUT2D eigenvalue weighted by atomic mass is 32.2. The normalized spacial score (nSPS) is 24.9. The first-order valence-electron chi connectivity index (χ1n) is 10.3. The number of amides is 2. The molecule has 0 radical (unpaired) electrons. The standard InChI is InChI=1S/C20H33N3O2S/c24-19(21-10-6-16-4-2-1-3-5-16)20(25)22-14-17-7-11-23(12-8-17)18-9-13-26-15-18/h4,17-18H,1-3,5-15H2,(H,21,24)(H,22,25)/t18-/m0/s1. The lowest BCUT2D eigenvalue weighted by Gasteiger charge is -2.35. The Morgan fingerprint density at radius 3 is 2.62 bits per heavy atom. The molecule has 0 aromatic rings. The van der Waals surface area contributed by atoms with Gasteiger partial charge in [-0.05, 0) is 76.1 Å². The van der Waals surface area contributed by atoms with Gasteiger partial charge in [0, 0.05) is 24.9 Å². The Bertz CT molecular complexity index is 509. The number of carbonyl (C=O) groups excluding carboxylic acids is 2. The van der Waals surface area contributed by atoms with Gasteiger partial charge in [-0.3, -0.25) is 14.5 Å². The molecule has 3 aliphatic rings. The lowest BCUT2D eigenvalue weighted by atomic mass is 9.95. The fourth-order valence-corrected chi connectivity index (χ4v) is 5.45. The highest BCUT2D eigenvalue weighted by Gasteiger charge is 2.27. The summed E-state index contributed by atoms with van der Waals surface area (Å²) in [5, 5.41) is 5.60. The molecule has 26 heavy (non-hydrogen) atoms. The minimum absolute atomic E-state index is 0.475. The van der Waals surface area contributed by atoms with Gasteiger partial charge in [0.05, 0.1) is 0 Å². The van der Waals surface area contributed by atoms with Crippen molar-refractivity contribution in [1.29, 1.82) is 0 Å². The number of carbonyl (C=O) groups is 2. The van der Waals surface area contributed by atoms with Gasteiger partial charge in [0.1, 0.15) is 0 Å². The molecule has 146 valence electrons. The Kier molecular flexibility index (Phi) is 7.86. The van der Waals surface area contributed by atoms with Crippen LogP contribution < -0.4 is 10.6 Å². The van der Waals surface area contributed by atoms with Gasteiger partial charge >= 0.3 is 11.8 Å². The third kappa shape index (κ3) is 6.02. The summed E-state index contributed by atoms with van der Waals surface area (Å²) in [6, 6.07) is 0.764. The number of piperidine rings is 1. The van der Waals surface area contributed by atoms with Crippen molar-refractivity contribution in [1.82, 2.24) is 15.5 Å². The molecule has 0 spiro atoms. The van der Waals surface area contributed by atoms with E-state index in [2.05, 4.69) is 33.4 Å². The maximum absolute atomic E-state index is 12.0. The van der Waals surface area contributed by atoms with Crippen LogP contribution in [0.3, 0.4) is 0 Å². The molecule has 0 aromatic carbocycles. The Morgan fingerprint density at radius 2 is 1.92 bits per heavy atom. The van der Waals surface area contributed by atoms with Gasteiger partial charge in [0.25, 0.3) is 0 Å². The van der Waals surface area contributed by atoms with E-state index in [-0.39, 0.29) is 0 Å². The second-order valence-corrected chi connectivity index (χ2v) is 8.97. The molecule has 6 heteroatoms. The van der Waals surface area contributed by atoms with Gasteiger partial charge in [-0.2, -0.15) is 11.8 Å². The summed E-state index contributed by atoms with van der Waals surface area (Å²) < 4.78 is 0. The number of allylic oxidation sites excluding steroid dienone is 1. The van der Waals surface area contributed by atoms with Gasteiger partial charge in [-0.1, -0.05) is 11.6 Å². The van der Waals surface area contributed by atoms with E-state index in [1.165, 1.54) is 36.3 Å². The van der Waals surface area contributed by atoms with Crippen molar-refractivity contribution in [2.24, 2.45) is 5.92 Å². The molecule has 5 nitrogen and oxygen atoms in total. The van der Waals surface area contributed by atoms with Gasteiger partial charge in [-0.25, -0.2) is 0 Å².